The molecule has 4 nitrogen and oxygen atoms in total. The van der Waals surface area contributed by atoms with Crippen LogP contribution < -0.4 is 5.73 Å². The summed E-state index contributed by atoms with van der Waals surface area (Å²) in [5, 5.41) is 0. The SMILES string of the molecule is CCOC(C)c1ncc2c(n1)CCCCC2N. The molecule has 0 amide bonds. The molecule has 4 heteroatoms. The van der Waals surface area contributed by atoms with Crippen molar-refractivity contribution in [2.75, 3.05) is 6.61 Å². The second-order valence-electron chi connectivity index (χ2n) is 4.58. The summed E-state index contributed by atoms with van der Waals surface area (Å²) >= 11 is 0. The number of aryl methyl sites for hydroxylation is 1. The number of hydrogen-bond acceptors (Lipinski definition) is 4. The van der Waals surface area contributed by atoms with Crippen molar-refractivity contribution in [3.63, 3.8) is 0 Å². The van der Waals surface area contributed by atoms with Crippen molar-refractivity contribution in [3.8, 4) is 0 Å². The highest BCUT2D eigenvalue weighted by atomic mass is 16.5. The van der Waals surface area contributed by atoms with Gasteiger partial charge >= 0.3 is 0 Å². The van der Waals surface area contributed by atoms with E-state index in [1.807, 2.05) is 20.0 Å². The maximum Gasteiger partial charge on any atom is 0.157 e. The van der Waals surface area contributed by atoms with Crippen molar-refractivity contribution in [1.29, 1.82) is 0 Å². The van der Waals surface area contributed by atoms with E-state index in [9.17, 15) is 0 Å². The predicted octanol–water partition coefficient (Wildman–Crippen LogP) is 2.30. The standard InChI is InChI=1S/C13H21N3O/c1-3-17-9(2)13-15-8-10-11(14)6-4-5-7-12(10)16-13/h8-9,11H,3-7,14H2,1-2H3. The van der Waals surface area contributed by atoms with Gasteiger partial charge in [0.15, 0.2) is 5.82 Å². The third-order valence-electron chi connectivity index (χ3n) is 3.28. The van der Waals surface area contributed by atoms with Crippen molar-refractivity contribution >= 4 is 0 Å². The van der Waals surface area contributed by atoms with Gasteiger partial charge in [-0.15, -0.1) is 0 Å². The van der Waals surface area contributed by atoms with Crippen molar-refractivity contribution in [3.05, 3.63) is 23.3 Å². The van der Waals surface area contributed by atoms with E-state index in [2.05, 4.69) is 9.97 Å². The first-order valence-corrected chi connectivity index (χ1v) is 6.45. The van der Waals surface area contributed by atoms with E-state index in [1.54, 1.807) is 0 Å². The molecule has 0 aliphatic heterocycles. The van der Waals surface area contributed by atoms with E-state index in [1.165, 1.54) is 12.8 Å². The van der Waals surface area contributed by atoms with Crippen LogP contribution in [0.4, 0.5) is 0 Å². The molecule has 1 heterocycles. The lowest BCUT2D eigenvalue weighted by molar-refractivity contribution is 0.0698. The number of nitrogens with two attached hydrogens (primary N) is 1. The zero-order valence-corrected chi connectivity index (χ0v) is 10.6. The van der Waals surface area contributed by atoms with Crippen LogP contribution in [0.25, 0.3) is 0 Å². The van der Waals surface area contributed by atoms with Crippen LogP contribution in [-0.4, -0.2) is 16.6 Å². The van der Waals surface area contributed by atoms with Crippen LogP contribution in [0.5, 0.6) is 0 Å². The van der Waals surface area contributed by atoms with Gasteiger partial charge in [-0.1, -0.05) is 6.42 Å². The minimum Gasteiger partial charge on any atom is -0.371 e. The minimum atomic E-state index is -0.0372. The van der Waals surface area contributed by atoms with Gasteiger partial charge in [-0.05, 0) is 33.1 Å². The van der Waals surface area contributed by atoms with Gasteiger partial charge in [-0.3, -0.25) is 0 Å². The Hall–Kier alpha value is -1.00. The van der Waals surface area contributed by atoms with Gasteiger partial charge in [-0.25, -0.2) is 9.97 Å². The second-order valence-corrected chi connectivity index (χ2v) is 4.58. The number of fused-ring (bicyclic) bond motifs is 1. The number of rotatable bonds is 3. The lowest BCUT2D eigenvalue weighted by atomic mass is 10.1. The molecule has 0 bridgehead atoms. The first kappa shape index (κ1) is 12.5. The normalized spacial score (nSPS) is 21.7. The van der Waals surface area contributed by atoms with E-state index in [-0.39, 0.29) is 12.1 Å². The van der Waals surface area contributed by atoms with Crippen molar-refractivity contribution in [2.24, 2.45) is 5.73 Å². The molecule has 94 valence electrons. The smallest absolute Gasteiger partial charge is 0.157 e. The molecule has 2 atom stereocenters. The first-order chi connectivity index (χ1) is 8.22. The number of ether oxygens (including phenoxy) is 1. The molecule has 17 heavy (non-hydrogen) atoms. The highest BCUT2D eigenvalue weighted by Gasteiger charge is 2.19. The fourth-order valence-corrected chi connectivity index (χ4v) is 2.28. The highest BCUT2D eigenvalue weighted by molar-refractivity contribution is 5.23. The fraction of sp³-hybridized carbons (Fsp3) is 0.692. The van der Waals surface area contributed by atoms with Crippen LogP contribution >= 0.6 is 0 Å². The molecular weight excluding hydrogens is 214 g/mol. The van der Waals surface area contributed by atoms with Crippen molar-refractivity contribution in [1.82, 2.24) is 9.97 Å². The van der Waals surface area contributed by atoms with Crippen LogP contribution in [0, 0.1) is 0 Å². The Labute approximate surface area is 103 Å². The molecule has 1 aliphatic carbocycles. The summed E-state index contributed by atoms with van der Waals surface area (Å²) in [5.41, 5.74) is 8.36. The Morgan fingerprint density at radius 1 is 1.53 bits per heavy atom. The van der Waals surface area contributed by atoms with Gasteiger partial charge in [0.25, 0.3) is 0 Å². The van der Waals surface area contributed by atoms with Gasteiger partial charge < -0.3 is 10.5 Å². The topological polar surface area (TPSA) is 61.0 Å². The van der Waals surface area contributed by atoms with Crippen LogP contribution in [0.2, 0.25) is 0 Å². The first-order valence-electron chi connectivity index (χ1n) is 6.45. The Morgan fingerprint density at radius 3 is 3.12 bits per heavy atom. The highest BCUT2D eigenvalue weighted by Crippen LogP contribution is 2.26. The molecule has 0 aromatic carbocycles. The Kier molecular flexibility index (Phi) is 4.07. The average Bonchev–Trinajstić information content (AvgIpc) is 2.51. The van der Waals surface area contributed by atoms with E-state index in [0.29, 0.717) is 6.61 Å². The molecule has 0 saturated carbocycles. The molecule has 2 N–H and O–H groups in total. The Balaban J connectivity index is 2.26. The summed E-state index contributed by atoms with van der Waals surface area (Å²) in [5.74, 6) is 0.778. The van der Waals surface area contributed by atoms with Crippen LogP contribution in [0.1, 0.15) is 62.3 Å². The fourth-order valence-electron chi connectivity index (χ4n) is 2.28. The summed E-state index contributed by atoms with van der Waals surface area (Å²) in [7, 11) is 0. The van der Waals surface area contributed by atoms with Gasteiger partial charge in [0.1, 0.15) is 6.10 Å². The molecule has 0 fully saturated rings. The zero-order chi connectivity index (χ0) is 12.3. The van der Waals surface area contributed by atoms with Crippen molar-refractivity contribution in [2.45, 2.75) is 51.7 Å². The van der Waals surface area contributed by atoms with Crippen LogP contribution in [-0.2, 0) is 11.2 Å². The van der Waals surface area contributed by atoms with Crippen LogP contribution in [0.15, 0.2) is 6.20 Å². The maximum atomic E-state index is 6.12. The lowest BCUT2D eigenvalue weighted by Gasteiger charge is -2.15. The van der Waals surface area contributed by atoms with Gasteiger partial charge in [0.2, 0.25) is 0 Å². The molecule has 2 unspecified atom stereocenters. The summed E-state index contributed by atoms with van der Waals surface area (Å²) in [6, 6.07) is 0.101. The molecule has 1 aliphatic rings. The third kappa shape index (κ3) is 2.82. The van der Waals surface area contributed by atoms with E-state index >= 15 is 0 Å². The van der Waals surface area contributed by atoms with E-state index < -0.39 is 0 Å². The Morgan fingerprint density at radius 2 is 2.35 bits per heavy atom. The summed E-state index contributed by atoms with van der Waals surface area (Å²) in [6.07, 6.45) is 6.25. The lowest BCUT2D eigenvalue weighted by Crippen LogP contribution is -2.14. The zero-order valence-electron chi connectivity index (χ0n) is 10.6. The van der Waals surface area contributed by atoms with Gasteiger partial charge in [0, 0.05) is 30.1 Å². The third-order valence-corrected chi connectivity index (χ3v) is 3.28. The van der Waals surface area contributed by atoms with Gasteiger partial charge in [0.05, 0.1) is 0 Å². The quantitative estimate of drug-likeness (QED) is 0.817. The number of aromatic nitrogens is 2. The molecule has 0 radical (unpaired) electrons. The van der Waals surface area contributed by atoms with Crippen LogP contribution in [0.3, 0.4) is 0 Å². The largest absolute Gasteiger partial charge is 0.371 e. The Bertz CT molecular complexity index is 381. The second kappa shape index (κ2) is 5.56. The number of nitrogens with zero attached hydrogens (tertiary/aromatic N) is 2. The van der Waals surface area contributed by atoms with Crippen molar-refractivity contribution < 1.29 is 4.74 Å². The predicted molar refractivity (Wildman–Crippen MR) is 66.6 cm³/mol. The number of hydrogen-bond donors (Lipinski definition) is 1. The molecule has 0 saturated heterocycles. The molecule has 2 rings (SSSR count). The minimum absolute atomic E-state index is 0.0372. The molecule has 1 aromatic heterocycles. The summed E-state index contributed by atoms with van der Waals surface area (Å²) < 4.78 is 5.52. The maximum absolute atomic E-state index is 6.12. The summed E-state index contributed by atoms with van der Waals surface area (Å²) in [6.45, 7) is 4.65. The van der Waals surface area contributed by atoms with Gasteiger partial charge in [-0.2, -0.15) is 0 Å². The van der Waals surface area contributed by atoms with E-state index in [0.717, 1.165) is 29.9 Å². The summed E-state index contributed by atoms with van der Waals surface area (Å²) in [4.78, 5) is 9.01. The molecule has 1 aromatic rings. The monoisotopic (exact) mass is 235 g/mol. The molecular formula is C13H21N3O. The molecule has 0 spiro atoms. The van der Waals surface area contributed by atoms with E-state index in [4.69, 9.17) is 10.5 Å². The average molecular weight is 235 g/mol.